The Labute approximate surface area is 119 Å². The largest absolute Gasteiger partial charge is 0.371 e. The maximum absolute atomic E-state index is 3.82. The van der Waals surface area contributed by atoms with Crippen molar-refractivity contribution in [1.82, 2.24) is 10.2 Å². The van der Waals surface area contributed by atoms with Crippen LogP contribution >= 0.6 is 0 Å². The summed E-state index contributed by atoms with van der Waals surface area (Å²) in [5.74, 6) is 0. The Hall–Kier alpha value is -1.02. The maximum Gasteiger partial charge on any atom is 0.0362 e. The molecule has 108 valence electrons. The van der Waals surface area contributed by atoms with Crippen LogP contribution in [0.3, 0.4) is 0 Å². The Morgan fingerprint density at radius 1 is 1.37 bits per heavy atom. The van der Waals surface area contributed by atoms with Crippen molar-refractivity contribution in [2.75, 3.05) is 19.6 Å². The number of likely N-dealkylation sites (tertiary alicyclic amines) is 1. The molecule has 0 aliphatic carbocycles. The van der Waals surface area contributed by atoms with Gasteiger partial charge >= 0.3 is 0 Å². The SMILES string of the molecule is C=C/C=C(\C=C/C)N1CCCC(NCCCC)CC1. The molecule has 0 spiro atoms. The lowest BCUT2D eigenvalue weighted by Crippen LogP contribution is -2.31. The van der Waals surface area contributed by atoms with Crippen LogP contribution in [0.4, 0.5) is 0 Å². The molecule has 0 aromatic carbocycles. The summed E-state index contributed by atoms with van der Waals surface area (Å²) in [6.07, 6.45) is 14.7. The second kappa shape index (κ2) is 9.85. The first-order valence-corrected chi connectivity index (χ1v) is 7.75. The molecule has 2 nitrogen and oxygen atoms in total. The molecule has 2 heteroatoms. The Balaban J connectivity index is 2.48. The molecule has 1 fully saturated rings. The highest BCUT2D eigenvalue weighted by Gasteiger charge is 2.16. The van der Waals surface area contributed by atoms with Crippen LogP contribution in [0, 0.1) is 0 Å². The summed E-state index contributed by atoms with van der Waals surface area (Å²) in [5, 5.41) is 3.70. The van der Waals surface area contributed by atoms with Gasteiger partial charge in [0, 0.05) is 24.8 Å². The number of nitrogens with one attached hydrogen (secondary N) is 1. The van der Waals surface area contributed by atoms with Gasteiger partial charge in [-0.2, -0.15) is 0 Å². The normalized spacial score (nSPS) is 21.7. The molecular formula is C17H30N2. The zero-order valence-corrected chi connectivity index (χ0v) is 12.7. The Morgan fingerprint density at radius 3 is 2.89 bits per heavy atom. The minimum absolute atomic E-state index is 0.701. The third-order valence-electron chi connectivity index (χ3n) is 3.68. The molecule has 1 aliphatic heterocycles. The van der Waals surface area contributed by atoms with Crippen molar-refractivity contribution in [3.8, 4) is 0 Å². The van der Waals surface area contributed by atoms with Crippen molar-refractivity contribution in [1.29, 1.82) is 0 Å². The monoisotopic (exact) mass is 262 g/mol. The molecular weight excluding hydrogens is 232 g/mol. The minimum Gasteiger partial charge on any atom is -0.371 e. The maximum atomic E-state index is 3.82. The number of nitrogens with zero attached hydrogens (tertiary/aromatic N) is 1. The van der Waals surface area contributed by atoms with E-state index in [-0.39, 0.29) is 0 Å². The molecule has 1 N–H and O–H groups in total. The van der Waals surface area contributed by atoms with Gasteiger partial charge in [0.05, 0.1) is 0 Å². The van der Waals surface area contributed by atoms with Crippen LogP contribution < -0.4 is 5.32 Å². The van der Waals surface area contributed by atoms with Crippen molar-refractivity contribution in [2.45, 2.75) is 52.0 Å². The number of rotatable bonds is 7. The van der Waals surface area contributed by atoms with Gasteiger partial charge < -0.3 is 10.2 Å². The molecule has 1 atom stereocenters. The molecule has 0 bridgehead atoms. The molecule has 0 aromatic rings. The molecule has 1 saturated heterocycles. The summed E-state index contributed by atoms with van der Waals surface area (Å²) >= 11 is 0. The van der Waals surface area contributed by atoms with Crippen LogP contribution in [0.25, 0.3) is 0 Å². The van der Waals surface area contributed by atoms with E-state index in [0.29, 0.717) is 6.04 Å². The van der Waals surface area contributed by atoms with Crippen LogP contribution in [0.15, 0.2) is 36.6 Å². The van der Waals surface area contributed by atoms with Gasteiger partial charge in [0.2, 0.25) is 0 Å². The fourth-order valence-electron chi connectivity index (χ4n) is 2.60. The number of hydrogen-bond donors (Lipinski definition) is 1. The highest BCUT2D eigenvalue weighted by atomic mass is 15.1. The minimum atomic E-state index is 0.701. The van der Waals surface area contributed by atoms with E-state index in [2.05, 4.69) is 48.9 Å². The first-order valence-electron chi connectivity index (χ1n) is 7.75. The van der Waals surface area contributed by atoms with Gasteiger partial charge in [-0.3, -0.25) is 0 Å². The Morgan fingerprint density at radius 2 is 2.21 bits per heavy atom. The summed E-state index contributed by atoms with van der Waals surface area (Å²) in [6.45, 7) is 11.6. The molecule has 0 amide bonds. The van der Waals surface area contributed by atoms with Crippen LogP contribution in [-0.2, 0) is 0 Å². The third kappa shape index (κ3) is 6.11. The van der Waals surface area contributed by atoms with Gasteiger partial charge in [-0.25, -0.2) is 0 Å². The number of hydrogen-bond acceptors (Lipinski definition) is 2. The highest BCUT2D eigenvalue weighted by molar-refractivity contribution is 5.21. The molecule has 0 radical (unpaired) electrons. The fraction of sp³-hybridized carbons (Fsp3) is 0.647. The first kappa shape index (κ1) is 16.0. The molecule has 19 heavy (non-hydrogen) atoms. The van der Waals surface area contributed by atoms with Crippen LogP contribution in [0.5, 0.6) is 0 Å². The Kier molecular flexibility index (Phi) is 8.31. The summed E-state index contributed by atoms with van der Waals surface area (Å²) in [5.41, 5.74) is 1.30. The van der Waals surface area contributed by atoms with Gasteiger partial charge in [-0.15, -0.1) is 0 Å². The zero-order chi connectivity index (χ0) is 13.9. The van der Waals surface area contributed by atoms with E-state index in [4.69, 9.17) is 0 Å². The van der Waals surface area contributed by atoms with Gasteiger partial charge in [0.15, 0.2) is 0 Å². The van der Waals surface area contributed by atoms with Gasteiger partial charge in [-0.1, -0.05) is 32.1 Å². The predicted molar refractivity (Wildman–Crippen MR) is 85.2 cm³/mol. The smallest absolute Gasteiger partial charge is 0.0362 e. The summed E-state index contributed by atoms with van der Waals surface area (Å²) in [4.78, 5) is 2.49. The second-order valence-electron chi connectivity index (χ2n) is 5.25. The van der Waals surface area contributed by atoms with Gasteiger partial charge in [0.25, 0.3) is 0 Å². The predicted octanol–water partition coefficient (Wildman–Crippen LogP) is 3.88. The van der Waals surface area contributed by atoms with E-state index in [1.807, 2.05) is 6.08 Å². The summed E-state index contributed by atoms with van der Waals surface area (Å²) in [7, 11) is 0. The Bertz CT molecular complexity index is 304. The topological polar surface area (TPSA) is 15.3 Å². The van der Waals surface area contributed by atoms with Crippen LogP contribution in [0.2, 0.25) is 0 Å². The van der Waals surface area contributed by atoms with E-state index in [1.54, 1.807) is 0 Å². The standard InChI is InChI=1S/C17H30N2/c1-4-7-13-18-16-11-8-14-19(15-12-16)17(9-5-2)10-6-3/h5-6,9-10,16,18H,2,4,7-8,11-15H2,1,3H3/b10-6-,17-9+. The summed E-state index contributed by atoms with van der Waals surface area (Å²) < 4.78 is 0. The summed E-state index contributed by atoms with van der Waals surface area (Å²) in [6, 6.07) is 0.701. The van der Waals surface area contributed by atoms with Crippen molar-refractivity contribution < 1.29 is 0 Å². The zero-order valence-electron chi connectivity index (χ0n) is 12.7. The lowest BCUT2D eigenvalue weighted by Gasteiger charge is -2.24. The average molecular weight is 262 g/mol. The van der Waals surface area contributed by atoms with E-state index in [0.717, 1.165) is 13.1 Å². The van der Waals surface area contributed by atoms with E-state index in [9.17, 15) is 0 Å². The second-order valence-corrected chi connectivity index (χ2v) is 5.25. The van der Waals surface area contributed by atoms with Crippen molar-refractivity contribution in [3.05, 3.63) is 36.6 Å². The van der Waals surface area contributed by atoms with Crippen molar-refractivity contribution >= 4 is 0 Å². The van der Waals surface area contributed by atoms with E-state index >= 15 is 0 Å². The lowest BCUT2D eigenvalue weighted by molar-refractivity contribution is 0.362. The van der Waals surface area contributed by atoms with E-state index < -0.39 is 0 Å². The molecule has 1 heterocycles. The number of unbranched alkanes of at least 4 members (excludes halogenated alkanes) is 1. The lowest BCUT2D eigenvalue weighted by atomic mass is 10.1. The average Bonchev–Trinajstić information content (AvgIpc) is 2.65. The molecule has 0 aromatic heterocycles. The molecule has 0 saturated carbocycles. The fourth-order valence-corrected chi connectivity index (χ4v) is 2.60. The van der Waals surface area contributed by atoms with Crippen molar-refractivity contribution in [2.24, 2.45) is 0 Å². The van der Waals surface area contributed by atoms with Crippen LogP contribution in [-0.4, -0.2) is 30.6 Å². The quantitative estimate of drug-likeness (QED) is 0.553. The van der Waals surface area contributed by atoms with Crippen LogP contribution in [0.1, 0.15) is 46.0 Å². The van der Waals surface area contributed by atoms with Gasteiger partial charge in [-0.05, 0) is 51.3 Å². The molecule has 1 aliphatic rings. The van der Waals surface area contributed by atoms with Crippen molar-refractivity contribution in [3.63, 3.8) is 0 Å². The highest BCUT2D eigenvalue weighted by Crippen LogP contribution is 2.16. The first-order chi connectivity index (χ1) is 9.31. The van der Waals surface area contributed by atoms with E-state index in [1.165, 1.54) is 44.3 Å². The van der Waals surface area contributed by atoms with Gasteiger partial charge in [0.1, 0.15) is 0 Å². The molecule has 1 rings (SSSR count). The third-order valence-corrected chi connectivity index (χ3v) is 3.68. The number of allylic oxidation sites excluding steroid dienone is 4. The molecule has 1 unspecified atom stereocenters.